The molecule has 0 aliphatic carbocycles. The molecule has 0 spiro atoms. The Morgan fingerprint density at radius 1 is 1.16 bits per heavy atom. The molecule has 6 heteroatoms. The number of carbonyl (C=O) groups excluding carboxylic acids is 1. The Balaban J connectivity index is 1.50. The minimum absolute atomic E-state index is 0.134. The van der Waals surface area contributed by atoms with Crippen molar-refractivity contribution >= 4 is 5.91 Å². The summed E-state index contributed by atoms with van der Waals surface area (Å²) in [6.07, 6.45) is 0. The van der Waals surface area contributed by atoms with E-state index >= 15 is 0 Å². The molecule has 2 aromatic rings. The third kappa shape index (κ3) is 4.49. The van der Waals surface area contributed by atoms with Crippen LogP contribution in [0, 0.1) is 25.2 Å². The number of aryl methyl sites for hydroxylation is 1. The van der Waals surface area contributed by atoms with Crippen LogP contribution in [0.2, 0.25) is 0 Å². The number of nitrogens with zero attached hydrogens (tertiary/aromatic N) is 4. The van der Waals surface area contributed by atoms with Gasteiger partial charge in [-0.25, -0.2) is 0 Å². The molecule has 1 aromatic heterocycles. The fourth-order valence-electron chi connectivity index (χ4n) is 5.98. The van der Waals surface area contributed by atoms with E-state index in [4.69, 9.17) is 4.74 Å². The smallest absolute Gasteiger partial charge is 0.255 e. The van der Waals surface area contributed by atoms with Crippen molar-refractivity contribution < 1.29 is 9.53 Å². The highest BCUT2D eigenvalue weighted by Crippen LogP contribution is 2.44. The van der Waals surface area contributed by atoms with Gasteiger partial charge in [0.25, 0.3) is 5.91 Å². The minimum atomic E-state index is 0.134. The van der Waals surface area contributed by atoms with E-state index in [1.807, 2.05) is 0 Å². The van der Waals surface area contributed by atoms with Gasteiger partial charge in [0.05, 0.1) is 12.2 Å². The largest absolute Gasteiger partial charge is 0.383 e. The highest BCUT2D eigenvalue weighted by atomic mass is 16.5. The molecule has 0 bridgehead atoms. The number of carbonyl (C=O) groups is 1. The number of hydrogen-bond donors (Lipinski definition) is 0. The van der Waals surface area contributed by atoms with Gasteiger partial charge in [-0.05, 0) is 45.5 Å². The van der Waals surface area contributed by atoms with E-state index in [2.05, 4.69) is 83.6 Å². The first-order chi connectivity index (χ1) is 15.3. The zero-order chi connectivity index (χ0) is 22.9. The first-order valence-electron chi connectivity index (χ1n) is 11.7. The summed E-state index contributed by atoms with van der Waals surface area (Å²) in [4.78, 5) is 20.6. The van der Waals surface area contributed by atoms with Crippen LogP contribution in [0.15, 0.2) is 36.4 Å². The summed E-state index contributed by atoms with van der Waals surface area (Å²) in [5.41, 5.74) is 4.52. The summed E-state index contributed by atoms with van der Waals surface area (Å²) in [6, 6.07) is 12.8. The van der Waals surface area contributed by atoms with Gasteiger partial charge in [-0.15, -0.1) is 0 Å². The molecule has 0 N–H and O–H groups in total. The molecule has 0 unspecified atom stereocenters. The molecule has 2 aliphatic rings. The summed E-state index contributed by atoms with van der Waals surface area (Å²) < 4.78 is 7.45. The van der Waals surface area contributed by atoms with Crippen LogP contribution in [-0.2, 0) is 17.8 Å². The lowest BCUT2D eigenvalue weighted by atomic mass is 9.80. The molecule has 2 atom stereocenters. The predicted octanol–water partition coefficient (Wildman–Crippen LogP) is 2.89. The lowest BCUT2D eigenvalue weighted by Gasteiger charge is -2.32. The number of amides is 1. The summed E-state index contributed by atoms with van der Waals surface area (Å²) in [5, 5.41) is 0. The van der Waals surface area contributed by atoms with Crippen LogP contribution in [0.25, 0.3) is 0 Å². The van der Waals surface area contributed by atoms with E-state index in [0.717, 1.165) is 62.8 Å². The van der Waals surface area contributed by atoms with Crippen LogP contribution >= 0.6 is 0 Å². The van der Waals surface area contributed by atoms with Crippen molar-refractivity contribution in [2.24, 2.45) is 11.3 Å². The highest BCUT2D eigenvalue weighted by molar-refractivity contribution is 5.96. The maximum absolute atomic E-state index is 13.6. The molecule has 1 aromatic carbocycles. The summed E-state index contributed by atoms with van der Waals surface area (Å²) >= 11 is 0. The van der Waals surface area contributed by atoms with Crippen molar-refractivity contribution in [1.29, 1.82) is 0 Å². The van der Waals surface area contributed by atoms with Crippen LogP contribution in [0.3, 0.4) is 0 Å². The van der Waals surface area contributed by atoms with Crippen molar-refractivity contribution in [3.05, 3.63) is 58.9 Å². The summed E-state index contributed by atoms with van der Waals surface area (Å²) in [7, 11) is 6.02. The van der Waals surface area contributed by atoms with E-state index in [1.165, 1.54) is 5.56 Å². The lowest BCUT2D eigenvalue weighted by Crippen LogP contribution is -2.42. The monoisotopic (exact) mass is 438 g/mol. The zero-order valence-corrected chi connectivity index (χ0v) is 20.3. The normalized spacial score (nSPS) is 23.3. The Hall–Kier alpha value is -2.15. The molecule has 174 valence electrons. The number of likely N-dealkylation sites (tertiary alicyclic amines) is 2. The first-order valence-corrected chi connectivity index (χ1v) is 11.7. The maximum Gasteiger partial charge on any atom is 0.255 e. The average Bonchev–Trinajstić information content (AvgIpc) is 3.34. The Morgan fingerprint density at radius 3 is 2.59 bits per heavy atom. The SMILES string of the molecule is COCCn1c(C)cc(C(=O)N2C[C@H]3CN(Cc4ccccc4)C[C@@]3(CN(C)C)C2)c1C. The topological polar surface area (TPSA) is 41.0 Å². The second kappa shape index (κ2) is 9.38. The standard InChI is InChI=1S/C26H38N4O2/c1-20-13-24(21(2)30(20)11-12-32-5)25(31)29-16-23-15-28(14-22-9-7-6-8-10-22)18-26(23,19-29)17-27(3)4/h6-10,13,23H,11-12,14-19H2,1-5H3/t23-,26+/m1/s1. The molecule has 1 amide bonds. The van der Waals surface area contributed by atoms with E-state index < -0.39 is 0 Å². The molecular formula is C26H38N4O2. The van der Waals surface area contributed by atoms with Gasteiger partial charge in [0, 0.05) is 69.7 Å². The number of methoxy groups -OCH3 is 1. The average molecular weight is 439 g/mol. The number of aromatic nitrogens is 1. The van der Waals surface area contributed by atoms with Gasteiger partial charge in [-0.2, -0.15) is 0 Å². The third-order valence-electron chi connectivity index (χ3n) is 7.32. The molecular weight excluding hydrogens is 400 g/mol. The molecule has 2 fully saturated rings. The molecule has 2 saturated heterocycles. The van der Waals surface area contributed by atoms with Crippen molar-refractivity contribution in [3.8, 4) is 0 Å². The molecule has 32 heavy (non-hydrogen) atoms. The second-order valence-corrected chi connectivity index (χ2v) is 10.1. The van der Waals surface area contributed by atoms with E-state index in [0.29, 0.717) is 12.5 Å². The van der Waals surface area contributed by atoms with Crippen LogP contribution in [0.5, 0.6) is 0 Å². The Labute approximate surface area is 192 Å². The number of benzene rings is 1. The first kappa shape index (κ1) is 23.0. The van der Waals surface area contributed by atoms with Gasteiger partial charge in [0.2, 0.25) is 0 Å². The minimum Gasteiger partial charge on any atom is -0.383 e. The molecule has 4 rings (SSSR count). The number of ether oxygens (including phenoxy) is 1. The van der Waals surface area contributed by atoms with Crippen molar-refractivity contribution in [2.75, 3.05) is 60.5 Å². The second-order valence-electron chi connectivity index (χ2n) is 10.1. The summed E-state index contributed by atoms with van der Waals surface area (Å²) in [6.45, 7) is 11.3. The summed E-state index contributed by atoms with van der Waals surface area (Å²) in [5.74, 6) is 0.693. The quantitative estimate of drug-likeness (QED) is 0.636. The third-order valence-corrected chi connectivity index (χ3v) is 7.32. The molecule has 2 aliphatic heterocycles. The van der Waals surface area contributed by atoms with Crippen LogP contribution in [-0.4, -0.2) is 85.7 Å². The van der Waals surface area contributed by atoms with E-state index in [-0.39, 0.29) is 11.3 Å². The van der Waals surface area contributed by atoms with Gasteiger partial charge in [0.15, 0.2) is 0 Å². The van der Waals surface area contributed by atoms with Crippen LogP contribution in [0.4, 0.5) is 0 Å². The Bertz CT molecular complexity index is 939. The van der Waals surface area contributed by atoms with E-state index in [9.17, 15) is 4.79 Å². The fourth-order valence-corrected chi connectivity index (χ4v) is 5.98. The van der Waals surface area contributed by atoms with Crippen LogP contribution < -0.4 is 0 Å². The van der Waals surface area contributed by atoms with Gasteiger partial charge in [0.1, 0.15) is 0 Å². The predicted molar refractivity (Wildman–Crippen MR) is 128 cm³/mol. The fraction of sp³-hybridized carbons (Fsp3) is 0.577. The molecule has 3 heterocycles. The number of rotatable bonds is 8. The van der Waals surface area contributed by atoms with Crippen molar-refractivity contribution in [2.45, 2.75) is 26.9 Å². The Kier molecular flexibility index (Phi) is 6.75. The van der Waals surface area contributed by atoms with Gasteiger partial charge < -0.3 is 19.1 Å². The van der Waals surface area contributed by atoms with Crippen molar-refractivity contribution in [1.82, 2.24) is 19.3 Å². The lowest BCUT2D eigenvalue weighted by molar-refractivity contribution is 0.0747. The van der Waals surface area contributed by atoms with Crippen LogP contribution in [0.1, 0.15) is 27.3 Å². The molecule has 0 saturated carbocycles. The highest BCUT2D eigenvalue weighted by Gasteiger charge is 2.53. The van der Waals surface area contributed by atoms with E-state index in [1.54, 1.807) is 7.11 Å². The Morgan fingerprint density at radius 2 is 1.91 bits per heavy atom. The molecule has 6 nitrogen and oxygen atoms in total. The molecule has 0 radical (unpaired) electrons. The number of fused-ring (bicyclic) bond motifs is 1. The van der Waals surface area contributed by atoms with Gasteiger partial charge >= 0.3 is 0 Å². The van der Waals surface area contributed by atoms with Crippen molar-refractivity contribution in [3.63, 3.8) is 0 Å². The zero-order valence-electron chi connectivity index (χ0n) is 20.3. The number of hydrogen-bond acceptors (Lipinski definition) is 4. The van der Waals surface area contributed by atoms with Gasteiger partial charge in [-0.3, -0.25) is 9.69 Å². The van der Waals surface area contributed by atoms with Gasteiger partial charge in [-0.1, -0.05) is 30.3 Å². The maximum atomic E-state index is 13.6.